The first kappa shape index (κ1) is 20.2. The Morgan fingerprint density at radius 1 is 1.07 bits per heavy atom. The molecule has 10 heteroatoms. The maximum atomic E-state index is 13.7. The fourth-order valence-electron chi connectivity index (χ4n) is 3.18. The van der Waals surface area contributed by atoms with E-state index in [0.717, 1.165) is 0 Å². The number of carbonyl (C=O) groups is 1. The van der Waals surface area contributed by atoms with Crippen molar-refractivity contribution in [2.45, 2.75) is 5.16 Å². The fraction of sp³-hybridized carbons (Fsp3) is 0.250. The van der Waals surface area contributed by atoms with Crippen LogP contribution < -0.4 is 10.2 Å². The number of rotatable bonds is 5. The van der Waals surface area contributed by atoms with Gasteiger partial charge in [0.15, 0.2) is 0 Å². The highest BCUT2D eigenvalue weighted by atomic mass is 32.2. The molecule has 3 aromatic rings. The number of benzene rings is 2. The summed E-state index contributed by atoms with van der Waals surface area (Å²) in [6.45, 7) is 2.14. The van der Waals surface area contributed by atoms with Crippen molar-refractivity contribution in [3.8, 4) is 0 Å². The van der Waals surface area contributed by atoms with Crippen LogP contribution in [0.3, 0.4) is 0 Å². The summed E-state index contributed by atoms with van der Waals surface area (Å²) in [5.41, 5.74) is 0.369. The standard InChI is InChI=1S/C20H19FN4O4S/c21-15-6-2-4-8-17(15)22-18(26)13-30(27,28)20-23-16-7-3-1-5-14(16)19(24-20)25-9-11-29-12-10-25/h1-8H,9-13H2,(H,22,26). The number of anilines is 2. The van der Waals surface area contributed by atoms with Crippen LogP contribution in [0.5, 0.6) is 0 Å². The maximum Gasteiger partial charge on any atom is 0.250 e. The van der Waals surface area contributed by atoms with Crippen molar-refractivity contribution >= 4 is 38.2 Å². The number of aromatic nitrogens is 2. The molecule has 0 atom stereocenters. The van der Waals surface area contributed by atoms with E-state index in [0.29, 0.717) is 43.0 Å². The normalized spacial score (nSPS) is 14.6. The van der Waals surface area contributed by atoms with Crippen LogP contribution in [0.1, 0.15) is 0 Å². The topological polar surface area (TPSA) is 101 Å². The SMILES string of the molecule is O=C(CS(=O)(=O)c1nc(N2CCOCC2)c2ccccc2n1)Nc1ccccc1F. The average molecular weight is 430 g/mol. The smallest absolute Gasteiger partial charge is 0.250 e. The Balaban J connectivity index is 1.65. The molecule has 2 heterocycles. The van der Waals surface area contributed by atoms with Crippen molar-refractivity contribution in [2.24, 2.45) is 0 Å². The second-order valence-corrected chi connectivity index (χ2v) is 8.62. The summed E-state index contributed by atoms with van der Waals surface area (Å²) in [5.74, 6) is -1.94. The molecular formula is C20H19FN4O4S. The molecule has 4 rings (SSSR count). The van der Waals surface area contributed by atoms with Crippen molar-refractivity contribution in [3.05, 3.63) is 54.3 Å². The molecule has 0 unspecified atom stereocenters. The molecule has 0 radical (unpaired) electrons. The molecule has 0 bridgehead atoms. The van der Waals surface area contributed by atoms with Gasteiger partial charge in [-0.15, -0.1) is 0 Å². The fourth-order valence-corrected chi connectivity index (χ4v) is 4.19. The second-order valence-electron chi connectivity index (χ2n) is 6.73. The number of amides is 1. The predicted molar refractivity (Wildman–Crippen MR) is 110 cm³/mol. The average Bonchev–Trinajstić information content (AvgIpc) is 2.75. The Kier molecular flexibility index (Phi) is 5.60. The van der Waals surface area contributed by atoms with E-state index in [1.807, 2.05) is 17.0 Å². The number of halogens is 1. The van der Waals surface area contributed by atoms with Gasteiger partial charge in [0, 0.05) is 18.5 Å². The van der Waals surface area contributed by atoms with E-state index < -0.39 is 32.5 Å². The number of morpholine rings is 1. The highest BCUT2D eigenvalue weighted by Gasteiger charge is 2.26. The monoisotopic (exact) mass is 430 g/mol. The lowest BCUT2D eigenvalue weighted by Gasteiger charge is -2.28. The summed E-state index contributed by atoms with van der Waals surface area (Å²) in [7, 11) is -4.16. The van der Waals surface area contributed by atoms with Gasteiger partial charge in [0.25, 0.3) is 0 Å². The molecule has 156 valence electrons. The van der Waals surface area contributed by atoms with Crippen LogP contribution in [0, 0.1) is 5.82 Å². The number of para-hydroxylation sites is 2. The van der Waals surface area contributed by atoms with E-state index in [1.54, 1.807) is 12.1 Å². The number of hydrogen-bond acceptors (Lipinski definition) is 7. The minimum absolute atomic E-state index is 0.0915. The van der Waals surface area contributed by atoms with Crippen LogP contribution in [-0.4, -0.2) is 56.3 Å². The Morgan fingerprint density at radius 3 is 2.53 bits per heavy atom. The third-order valence-electron chi connectivity index (χ3n) is 4.62. The molecule has 0 saturated carbocycles. The van der Waals surface area contributed by atoms with Gasteiger partial charge < -0.3 is 15.0 Å². The molecular weight excluding hydrogens is 411 g/mol. The first-order chi connectivity index (χ1) is 14.4. The molecule has 1 aliphatic rings. The van der Waals surface area contributed by atoms with Gasteiger partial charge in [0.1, 0.15) is 17.4 Å². The summed E-state index contributed by atoms with van der Waals surface area (Å²) >= 11 is 0. The highest BCUT2D eigenvalue weighted by molar-refractivity contribution is 7.92. The Bertz CT molecular complexity index is 1200. The summed E-state index contributed by atoms with van der Waals surface area (Å²) in [6, 6.07) is 12.6. The lowest BCUT2D eigenvalue weighted by atomic mass is 10.2. The van der Waals surface area contributed by atoms with E-state index in [1.165, 1.54) is 24.3 Å². The molecule has 1 aromatic heterocycles. The third-order valence-corrected chi connectivity index (χ3v) is 6.00. The minimum Gasteiger partial charge on any atom is -0.378 e. The quantitative estimate of drug-likeness (QED) is 0.618. The Morgan fingerprint density at radius 2 is 1.77 bits per heavy atom. The second kappa shape index (κ2) is 8.33. The van der Waals surface area contributed by atoms with Gasteiger partial charge in [-0.3, -0.25) is 4.79 Å². The van der Waals surface area contributed by atoms with Crippen LogP contribution in [0.15, 0.2) is 53.7 Å². The number of nitrogens with one attached hydrogen (secondary N) is 1. The van der Waals surface area contributed by atoms with Gasteiger partial charge in [-0.05, 0) is 24.3 Å². The predicted octanol–water partition coefficient (Wildman–Crippen LogP) is 2.02. The molecule has 1 N–H and O–H groups in total. The van der Waals surface area contributed by atoms with Crippen LogP contribution in [0.2, 0.25) is 0 Å². The van der Waals surface area contributed by atoms with E-state index >= 15 is 0 Å². The number of fused-ring (bicyclic) bond motifs is 1. The molecule has 0 aliphatic carbocycles. The van der Waals surface area contributed by atoms with Crippen molar-refractivity contribution in [2.75, 3.05) is 42.3 Å². The first-order valence-electron chi connectivity index (χ1n) is 9.31. The van der Waals surface area contributed by atoms with Gasteiger partial charge in [0.05, 0.1) is 24.4 Å². The Labute approximate surface area is 172 Å². The minimum atomic E-state index is -4.16. The number of sulfone groups is 1. The van der Waals surface area contributed by atoms with E-state index in [2.05, 4.69) is 15.3 Å². The molecule has 1 amide bonds. The molecule has 1 fully saturated rings. The van der Waals surface area contributed by atoms with Crippen molar-refractivity contribution < 1.29 is 22.3 Å². The zero-order valence-corrected chi connectivity index (χ0v) is 16.7. The summed E-state index contributed by atoms with van der Waals surface area (Å²) in [6.07, 6.45) is 0. The largest absolute Gasteiger partial charge is 0.378 e. The first-order valence-corrected chi connectivity index (χ1v) is 11.0. The molecule has 0 spiro atoms. The summed E-state index contributed by atoms with van der Waals surface area (Å²) in [5, 5.41) is 2.55. The Hall–Kier alpha value is -3.11. The third kappa shape index (κ3) is 4.24. The zero-order valence-electron chi connectivity index (χ0n) is 15.9. The van der Waals surface area contributed by atoms with Gasteiger partial charge in [-0.1, -0.05) is 24.3 Å². The van der Waals surface area contributed by atoms with E-state index in [4.69, 9.17) is 4.74 Å². The van der Waals surface area contributed by atoms with E-state index in [-0.39, 0.29) is 5.69 Å². The molecule has 1 aliphatic heterocycles. The van der Waals surface area contributed by atoms with Gasteiger partial charge in [-0.2, -0.15) is 0 Å². The summed E-state index contributed by atoms with van der Waals surface area (Å²) in [4.78, 5) is 22.7. The highest BCUT2D eigenvalue weighted by Crippen LogP contribution is 2.26. The number of hydrogen-bond donors (Lipinski definition) is 1. The summed E-state index contributed by atoms with van der Waals surface area (Å²) < 4.78 is 44.8. The van der Waals surface area contributed by atoms with E-state index in [9.17, 15) is 17.6 Å². The van der Waals surface area contributed by atoms with Crippen molar-refractivity contribution in [3.63, 3.8) is 0 Å². The maximum absolute atomic E-state index is 13.7. The van der Waals surface area contributed by atoms with Gasteiger partial charge in [-0.25, -0.2) is 22.8 Å². The number of carbonyl (C=O) groups excluding carboxylic acids is 1. The van der Waals surface area contributed by atoms with Gasteiger partial charge >= 0.3 is 0 Å². The van der Waals surface area contributed by atoms with Crippen molar-refractivity contribution in [1.82, 2.24) is 9.97 Å². The van der Waals surface area contributed by atoms with Crippen LogP contribution in [0.25, 0.3) is 10.9 Å². The van der Waals surface area contributed by atoms with Gasteiger partial charge in [0.2, 0.25) is 20.9 Å². The molecule has 30 heavy (non-hydrogen) atoms. The molecule has 1 saturated heterocycles. The zero-order chi connectivity index (χ0) is 21.1. The lowest BCUT2D eigenvalue weighted by molar-refractivity contribution is -0.113. The van der Waals surface area contributed by atoms with Crippen LogP contribution in [-0.2, 0) is 19.4 Å². The number of ether oxygens (including phenoxy) is 1. The number of nitrogens with zero attached hydrogens (tertiary/aromatic N) is 3. The molecule has 8 nitrogen and oxygen atoms in total. The lowest BCUT2D eigenvalue weighted by Crippen LogP contribution is -2.37. The van der Waals surface area contributed by atoms with Crippen LogP contribution >= 0.6 is 0 Å². The van der Waals surface area contributed by atoms with Crippen LogP contribution in [0.4, 0.5) is 15.9 Å². The molecule has 2 aromatic carbocycles. The van der Waals surface area contributed by atoms with Crippen molar-refractivity contribution in [1.29, 1.82) is 0 Å².